The van der Waals surface area contributed by atoms with Crippen molar-refractivity contribution >= 4 is 5.69 Å². The molecule has 0 bridgehead atoms. The zero-order chi connectivity index (χ0) is 15.6. The number of hydrogen-bond acceptors (Lipinski definition) is 1. The Morgan fingerprint density at radius 3 is 1.90 bits per heavy atom. The van der Waals surface area contributed by atoms with Gasteiger partial charge < -0.3 is 5.32 Å². The summed E-state index contributed by atoms with van der Waals surface area (Å²) in [5.41, 5.74) is 0.0464. The van der Waals surface area contributed by atoms with E-state index in [2.05, 4.69) is 5.32 Å². The summed E-state index contributed by atoms with van der Waals surface area (Å²) < 4.78 is 63.5. The van der Waals surface area contributed by atoms with Crippen molar-refractivity contribution in [2.24, 2.45) is 0 Å². The second-order valence-electron chi connectivity index (χ2n) is 4.64. The minimum atomic E-state index is -4.39. The highest BCUT2D eigenvalue weighted by atomic mass is 19.4. The van der Waals surface area contributed by atoms with Crippen LogP contribution in [0.3, 0.4) is 0 Å². The van der Waals surface area contributed by atoms with Gasteiger partial charge >= 0.3 is 6.18 Å². The lowest BCUT2D eigenvalue weighted by atomic mass is 10.1. The van der Waals surface area contributed by atoms with Gasteiger partial charge in [-0.2, -0.15) is 13.2 Å². The van der Waals surface area contributed by atoms with Crippen LogP contribution in [0.1, 0.15) is 24.1 Å². The van der Waals surface area contributed by atoms with Crippen LogP contribution in [-0.2, 0) is 6.18 Å². The van der Waals surface area contributed by atoms with Crippen LogP contribution in [0.5, 0.6) is 0 Å². The summed E-state index contributed by atoms with van der Waals surface area (Å²) in [7, 11) is 0. The van der Waals surface area contributed by atoms with E-state index in [4.69, 9.17) is 0 Å². The van der Waals surface area contributed by atoms with E-state index < -0.39 is 29.4 Å². The molecule has 0 fully saturated rings. The van der Waals surface area contributed by atoms with Crippen molar-refractivity contribution in [2.45, 2.75) is 19.1 Å². The highest BCUT2D eigenvalue weighted by Crippen LogP contribution is 2.30. The van der Waals surface area contributed by atoms with Gasteiger partial charge in [0.25, 0.3) is 0 Å². The van der Waals surface area contributed by atoms with Gasteiger partial charge in [-0.3, -0.25) is 0 Å². The fourth-order valence-corrected chi connectivity index (χ4v) is 1.91. The second kappa shape index (κ2) is 5.71. The van der Waals surface area contributed by atoms with Crippen molar-refractivity contribution in [3.8, 4) is 0 Å². The number of nitrogens with one attached hydrogen (secondary N) is 1. The molecular formula is C15H12F5N. The molecule has 112 valence electrons. The second-order valence-corrected chi connectivity index (χ2v) is 4.64. The lowest BCUT2D eigenvalue weighted by Gasteiger charge is -2.16. The molecule has 1 nitrogen and oxygen atoms in total. The lowest BCUT2D eigenvalue weighted by molar-refractivity contribution is -0.137. The third-order valence-electron chi connectivity index (χ3n) is 2.98. The molecule has 2 aromatic carbocycles. The first-order chi connectivity index (χ1) is 9.75. The molecule has 1 atom stereocenters. The molecule has 0 aliphatic rings. The maximum Gasteiger partial charge on any atom is 0.416 e. The normalized spacial score (nSPS) is 13.0. The van der Waals surface area contributed by atoms with Gasteiger partial charge in [-0.1, -0.05) is 0 Å². The predicted octanol–water partition coefficient (Wildman–Crippen LogP) is 5.16. The maximum atomic E-state index is 13.1. The largest absolute Gasteiger partial charge is 0.416 e. The molecular weight excluding hydrogens is 289 g/mol. The molecule has 0 aliphatic carbocycles. The zero-order valence-corrected chi connectivity index (χ0v) is 11.0. The van der Waals surface area contributed by atoms with Gasteiger partial charge in [0.15, 0.2) is 0 Å². The molecule has 0 heterocycles. The molecule has 0 spiro atoms. The molecule has 21 heavy (non-hydrogen) atoms. The van der Waals surface area contributed by atoms with Crippen LogP contribution in [0.15, 0.2) is 42.5 Å². The molecule has 0 saturated carbocycles. The minimum absolute atomic E-state index is 0.368. The van der Waals surface area contributed by atoms with E-state index in [1.807, 2.05) is 0 Å². The minimum Gasteiger partial charge on any atom is -0.379 e. The molecule has 1 N–H and O–H groups in total. The Kier molecular flexibility index (Phi) is 4.16. The quantitative estimate of drug-likeness (QED) is 0.772. The Morgan fingerprint density at radius 1 is 0.905 bits per heavy atom. The van der Waals surface area contributed by atoms with Gasteiger partial charge in [-0.05, 0) is 48.9 Å². The van der Waals surface area contributed by atoms with Crippen LogP contribution >= 0.6 is 0 Å². The molecule has 2 aromatic rings. The third-order valence-corrected chi connectivity index (χ3v) is 2.98. The zero-order valence-electron chi connectivity index (χ0n) is 11.0. The summed E-state index contributed by atoms with van der Waals surface area (Å²) >= 11 is 0. The summed E-state index contributed by atoms with van der Waals surface area (Å²) in [6.45, 7) is 1.66. The highest BCUT2D eigenvalue weighted by Gasteiger charge is 2.29. The summed E-state index contributed by atoms with van der Waals surface area (Å²) in [5, 5.41) is 2.89. The maximum absolute atomic E-state index is 13.1. The number of alkyl halides is 3. The Morgan fingerprint density at radius 2 is 1.43 bits per heavy atom. The summed E-state index contributed by atoms with van der Waals surface area (Å²) in [4.78, 5) is 0. The molecule has 0 radical (unpaired) electrons. The summed E-state index contributed by atoms with van der Waals surface area (Å²) in [6.07, 6.45) is -4.39. The molecule has 1 unspecified atom stereocenters. The van der Waals surface area contributed by atoms with Crippen LogP contribution < -0.4 is 5.32 Å². The van der Waals surface area contributed by atoms with E-state index in [1.54, 1.807) is 6.92 Å². The number of benzene rings is 2. The number of rotatable bonds is 3. The van der Waals surface area contributed by atoms with Gasteiger partial charge in [-0.25, -0.2) is 8.78 Å². The smallest absolute Gasteiger partial charge is 0.379 e. The molecule has 2 rings (SSSR count). The number of anilines is 1. The van der Waals surface area contributed by atoms with Gasteiger partial charge in [0.1, 0.15) is 11.6 Å². The van der Waals surface area contributed by atoms with E-state index in [-0.39, 0.29) is 0 Å². The van der Waals surface area contributed by atoms with E-state index >= 15 is 0 Å². The van der Waals surface area contributed by atoms with Gasteiger partial charge in [0.05, 0.1) is 5.56 Å². The van der Waals surface area contributed by atoms with E-state index in [1.165, 1.54) is 24.3 Å². The van der Waals surface area contributed by atoms with Crippen molar-refractivity contribution in [3.63, 3.8) is 0 Å². The van der Waals surface area contributed by atoms with Crippen LogP contribution in [0.2, 0.25) is 0 Å². The molecule has 0 saturated heterocycles. The molecule has 0 aromatic heterocycles. The summed E-state index contributed by atoms with van der Waals surface area (Å²) in [6, 6.07) is 7.09. The Balaban J connectivity index is 2.14. The first kappa shape index (κ1) is 15.3. The van der Waals surface area contributed by atoms with Crippen LogP contribution in [0.25, 0.3) is 0 Å². The Labute approximate surface area is 118 Å². The average molecular weight is 301 g/mol. The molecule has 0 aliphatic heterocycles. The number of halogens is 5. The third kappa shape index (κ3) is 3.93. The number of hydrogen-bond donors (Lipinski definition) is 1. The van der Waals surface area contributed by atoms with Crippen LogP contribution in [0.4, 0.5) is 27.6 Å². The topological polar surface area (TPSA) is 12.0 Å². The fourth-order valence-electron chi connectivity index (χ4n) is 1.91. The molecule has 6 heteroatoms. The predicted molar refractivity (Wildman–Crippen MR) is 69.8 cm³/mol. The fraction of sp³-hybridized carbons (Fsp3) is 0.200. The summed E-state index contributed by atoms with van der Waals surface area (Å²) in [5.74, 6) is -1.41. The van der Waals surface area contributed by atoms with Gasteiger partial charge in [-0.15, -0.1) is 0 Å². The van der Waals surface area contributed by atoms with Gasteiger partial charge in [0, 0.05) is 17.8 Å². The van der Waals surface area contributed by atoms with Crippen LogP contribution in [0, 0.1) is 11.6 Å². The highest BCUT2D eigenvalue weighted by molar-refractivity contribution is 5.47. The van der Waals surface area contributed by atoms with Crippen molar-refractivity contribution < 1.29 is 22.0 Å². The monoisotopic (exact) mass is 301 g/mol. The van der Waals surface area contributed by atoms with E-state index in [0.717, 1.165) is 18.2 Å². The van der Waals surface area contributed by atoms with Crippen LogP contribution in [-0.4, -0.2) is 0 Å². The standard InChI is InChI=1S/C15H12F5N/c1-9(10-6-12(16)8-13(17)7-10)21-14-4-2-11(3-5-14)15(18,19)20/h2-9,21H,1H3. The first-order valence-electron chi connectivity index (χ1n) is 6.15. The van der Waals surface area contributed by atoms with Crippen molar-refractivity contribution in [1.82, 2.24) is 0 Å². The van der Waals surface area contributed by atoms with Crippen molar-refractivity contribution in [2.75, 3.05) is 5.32 Å². The lowest BCUT2D eigenvalue weighted by Crippen LogP contribution is -2.08. The molecule has 0 amide bonds. The Hall–Kier alpha value is -2.11. The first-order valence-corrected chi connectivity index (χ1v) is 6.15. The van der Waals surface area contributed by atoms with Crippen molar-refractivity contribution in [1.29, 1.82) is 0 Å². The average Bonchev–Trinajstić information content (AvgIpc) is 2.37. The van der Waals surface area contributed by atoms with E-state index in [0.29, 0.717) is 11.3 Å². The SMILES string of the molecule is CC(Nc1ccc(C(F)(F)F)cc1)c1cc(F)cc(F)c1. The van der Waals surface area contributed by atoms with E-state index in [9.17, 15) is 22.0 Å². The van der Waals surface area contributed by atoms with Gasteiger partial charge in [0.2, 0.25) is 0 Å². The Bertz CT molecular complexity index is 599. The van der Waals surface area contributed by atoms with Crippen molar-refractivity contribution in [3.05, 3.63) is 65.2 Å².